The lowest BCUT2D eigenvalue weighted by molar-refractivity contribution is 0.0496. The molecule has 1 aromatic rings. The van der Waals surface area contributed by atoms with Crippen molar-refractivity contribution in [3.05, 3.63) is 17.7 Å². The molecule has 0 fully saturated rings. The average Bonchev–Trinajstić information content (AvgIpc) is 2.87. The predicted molar refractivity (Wildman–Crippen MR) is 151 cm³/mol. The van der Waals surface area contributed by atoms with E-state index < -0.39 is 23.2 Å². The van der Waals surface area contributed by atoms with E-state index in [2.05, 4.69) is 20.8 Å². The summed E-state index contributed by atoms with van der Waals surface area (Å²) in [6.07, 6.45) is 26.5. The first-order valence-corrected chi connectivity index (χ1v) is 14.9. The Hall–Kier alpha value is -1.91. The highest BCUT2D eigenvalue weighted by molar-refractivity contribution is 5.91. The first-order chi connectivity index (χ1) is 17.5. The van der Waals surface area contributed by atoms with Gasteiger partial charge in [0.1, 0.15) is 0 Å². The Bertz CT molecular complexity index is 611. The zero-order valence-corrected chi connectivity index (χ0v) is 23.7. The zero-order valence-electron chi connectivity index (χ0n) is 23.7. The van der Waals surface area contributed by atoms with Crippen molar-refractivity contribution in [2.24, 2.45) is 0 Å². The Balaban J connectivity index is 0.000000860. The summed E-state index contributed by atoms with van der Waals surface area (Å²) in [5.74, 6) is -2.33. The molecule has 1 rings (SSSR count). The van der Waals surface area contributed by atoms with E-state index in [4.69, 9.17) is 4.74 Å². The van der Waals surface area contributed by atoms with Crippen LogP contribution in [0.2, 0.25) is 0 Å². The van der Waals surface area contributed by atoms with Gasteiger partial charge < -0.3 is 20.1 Å². The molecule has 0 saturated heterocycles. The molecule has 0 heterocycles. The number of rotatable bonds is 21. The van der Waals surface area contributed by atoms with Crippen LogP contribution in [-0.4, -0.2) is 27.9 Å². The maximum Gasteiger partial charge on any atom is 0.338 e. The van der Waals surface area contributed by atoms with Crippen LogP contribution in [0.5, 0.6) is 17.2 Å². The lowest BCUT2D eigenvalue weighted by Crippen LogP contribution is -2.06. The van der Waals surface area contributed by atoms with E-state index in [0.29, 0.717) is 6.61 Å². The number of phenols is 3. The van der Waals surface area contributed by atoms with Gasteiger partial charge in [0, 0.05) is 0 Å². The lowest BCUT2D eigenvalue weighted by Gasteiger charge is -2.07. The average molecular weight is 509 g/mol. The van der Waals surface area contributed by atoms with Gasteiger partial charge >= 0.3 is 5.97 Å². The highest BCUT2D eigenvalue weighted by Gasteiger charge is 2.14. The van der Waals surface area contributed by atoms with Crippen molar-refractivity contribution in [2.75, 3.05) is 6.61 Å². The lowest BCUT2D eigenvalue weighted by atomic mass is 10.1. The van der Waals surface area contributed by atoms with Crippen LogP contribution in [0, 0.1) is 0 Å². The van der Waals surface area contributed by atoms with Gasteiger partial charge in [-0.1, -0.05) is 143 Å². The number of aromatic hydroxyl groups is 3. The Morgan fingerprint density at radius 3 is 1.19 bits per heavy atom. The minimum Gasteiger partial charge on any atom is -0.504 e. The molecule has 36 heavy (non-hydrogen) atoms. The van der Waals surface area contributed by atoms with Gasteiger partial charge in [-0.2, -0.15) is 0 Å². The van der Waals surface area contributed by atoms with Crippen LogP contribution < -0.4 is 0 Å². The van der Waals surface area contributed by atoms with Gasteiger partial charge in [-0.3, -0.25) is 0 Å². The molecule has 0 aliphatic carbocycles. The number of carbonyl (C=O) groups excluding carboxylic acids is 1. The third-order valence-corrected chi connectivity index (χ3v) is 6.49. The zero-order chi connectivity index (χ0) is 26.9. The normalized spacial score (nSPS) is 10.6. The van der Waals surface area contributed by atoms with E-state index in [9.17, 15) is 20.1 Å². The van der Waals surface area contributed by atoms with Crippen LogP contribution in [0.1, 0.15) is 160 Å². The number of carbonyl (C=O) groups is 1. The first-order valence-electron chi connectivity index (χ1n) is 14.9. The van der Waals surface area contributed by atoms with Gasteiger partial charge in [-0.15, -0.1) is 0 Å². The van der Waals surface area contributed by atoms with Crippen molar-refractivity contribution in [3.8, 4) is 17.2 Å². The molecule has 0 bridgehead atoms. The monoisotopic (exact) mass is 508 g/mol. The highest BCUT2D eigenvalue weighted by Crippen LogP contribution is 2.35. The molecule has 0 aromatic heterocycles. The third kappa shape index (κ3) is 19.3. The number of hydrogen-bond donors (Lipinski definition) is 3. The maximum atomic E-state index is 11.8. The van der Waals surface area contributed by atoms with Crippen LogP contribution in [-0.2, 0) is 4.74 Å². The predicted octanol–water partition coefficient (Wildman–Crippen LogP) is 9.81. The molecule has 0 amide bonds. The Labute approximate surface area is 221 Å². The minimum absolute atomic E-state index is 0.0230. The van der Waals surface area contributed by atoms with Crippen molar-refractivity contribution in [1.82, 2.24) is 0 Å². The minimum atomic E-state index is -0.638. The molecule has 3 N–H and O–H groups in total. The van der Waals surface area contributed by atoms with E-state index >= 15 is 0 Å². The summed E-state index contributed by atoms with van der Waals surface area (Å²) < 4.78 is 5.11. The summed E-state index contributed by atoms with van der Waals surface area (Å²) in [6, 6.07) is 2.16. The van der Waals surface area contributed by atoms with Crippen LogP contribution in [0.4, 0.5) is 0 Å². The second-order valence-corrected chi connectivity index (χ2v) is 10.0. The molecule has 0 saturated carbocycles. The summed E-state index contributed by atoms with van der Waals surface area (Å²) in [7, 11) is 0. The molecular weight excluding hydrogens is 452 g/mol. The third-order valence-electron chi connectivity index (χ3n) is 6.49. The molecular formula is C31H56O5. The molecule has 0 aliphatic rings. The van der Waals surface area contributed by atoms with Crippen molar-refractivity contribution < 1.29 is 24.9 Å². The molecule has 0 radical (unpaired) electrons. The van der Waals surface area contributed by atoms with Gasteiger partial charge in [0.2, 0.25) is 0 Å². The van der Waals surface area contributed by atoms with Gasteiger partial charge in [-0.25, -0.2) is 4.79 Å². The fraction of sp³-hybridized carbons (Fsp3) is 0.774. The second-order valence-electron chi connectivity index (χ2n) is 10.0. The van der Waals surface area contributed by atoms with E-state index in [-0.39, 0.29) is 5.56 Å². The van der Waals surface area contributed by atoms with Gasteiger partial charge in [0.15, 0.2) is 17.2 Å². The molecule has 5 heteroatoms. The smallest absolute Gasteiger partial charge is 0.338 e. The fourth-order valence-corrected chi connectivity index (χ4v) is 4.12. The van der Waals surface area contributed by atoms with Crippen molar-refractivity contribution in [2.45, 2.75) is 149 Å². The molecule has 0 unspecified atom stereocenters. The maximum absolute atomic E-state index is 11.8. The topological polar surface area (TPSA) is 87.0 Å². The van der Waals surface area contributed by atoms with Crippen LogP contribution in [0.25, 0.3) is 0 Å². The highest BCUT2D eigenvalue weighted by atomic mass is 16.5. The second kappa shape index (κ2) is 24.8. The fourth-order valence-electron chi connectivity index (χ4n) is 4.12. The largest absolute Gasteiger partial charge is 0.504 e. The molecule has 0 atom stereocenters. The number of esters is 1. The Kier molecular flexibility index (Phi) is 23.5. The molecule has 210 valence electrons. The Morgan fingerprint density at radius 2 is 0.861 bits per heavy atom. The molecule has 0 aliphatic heterocycles. The summed E-state index contributed by atoms with van der Waals surface area (Å²) in [4.78, 5) is 11.8. The van der Waals surface area contributed by atoms with E-state index in [0.717, 1.165) is 31.4 Å². The SMILES string of the molecule is CCCCCCCCCCCC.CCCCCCCCCCCCOC(=O)c1cc(O)c(O)c(O)c1. The van der Waals surface area contributed by atoms with Crippen molar-refractivity contribution in [3.63, 3.8) is 0 Å². The molecule has 1 aromatic carbocycles. The molecule has 5 nitrogen and oxygen atoms in total. The van der Waals surface area contributed by atoms with E-state index in [1.807, 2.05) is 0 Å². The van der Waals surface area contributed by atoms with Gasteiger partial charge in [-0.05, 0) is 18.6 Å². The van der Waals surface area contributed by atoms with E-state index in [1.54, 1.807) is 0 Å². The van der Waals surface area contributed by atoms with Crippen LogP contribution in [0.15, 0.2) is 12.1 Å². The summed E-state index contributed by atoms with van der Waals surface area (Å²) in [5.41, 5.74) is 0.0230. The number of benzene rings is 1. The number of phenolic OH excluding ortho intramolecular Hbond substituents is 3. The number of hydrogen-bond acceptors (Lipinski definition) is 5. The van der Waals surface area contributed by atoms with Crippen molar-refractivity contribution >= 4 is 5.97 Å². The molecule has 0 spiro atoms. The number of ether oxygens (including phenoxy) is 1. The van der Waals surface area contributed by atoms with E-state index in [1.165, 1.54) is 109 Å². The van der Waals surface area contributed by atoms with Gasteiger partial charge in [0.05, 0.1) is 12.2 Å². The summed E-state index contributed by atoms with van der Waals surface area (Å²) in [5, 5.41) is 28.0. The summed E-state index contributed by atoms with van der Waals surface area (Å²) >= 11 is 0. The first kappa shape index (κ1) is 34.1. The van der Waals surface area contributed by atoms with Crippen molar-refractivity contribution in [1.29, 1.82) is 0 Å². The number of unbranched alkanes of at least 4 members (excludes halogenated alkanes) is 18. The van der Waals surface area contributed by atoms with Gasteiger partial charge in [0.25, 0.3) is 0 Å². The quantitative estimate of drug-likeness (QED) is 0.0873. The standard InChI is InChI=1S/C19H30O5.C12H26/c1-2-3-4-5-6-7-8-9-10-11-12-24-19(23)15-13-16(20)18(22)17(21)14-15;1-3-5-7-9-11-12-10-8-6-4-2/h13-14,20-22H,2-12H2,1H3;3-12H2,1-2H3. The van der Waals surface area contributed by atoms with Crippen LogP contribution >= 0.6 is 0 Å². The summed E-state index contributed by atoms with van der Waals surface area (Å²) in [6.45, 7) is 7.10. The Morgan fingerprint density at radius 1 is 0.556 bits per heavy atom. The van der Waals surface area contributed by atoms with Crippen LogP contribution in [0.3, 0.4) is 0 Å².